The molecule has 5 heterocycles. The molecule has 3 N–H and O–H groups in total. The predicted molar refractivity (Wildman–Crippen MR) is 184 cm³/mol. The number of hydrogen-bond acceptors (Lipinski definition) is 9. The van der Waals surface area contributed by atoms with Crippen LogP contribution < -0.4 is 10.1 Å². The SMILES string of the molecule is COc1nc2c(C)cc(C[C@@H](OC(O)N3CCC(N4CCc5ccccc5NC4=O)CC3)C(=O)N3CCN(C4CCOCC4)CC3)cc2[nH]1. The van der Waals surface area contributed by atoms with Crippen LogP contribution in [0.1, 0.15) is 42.4 Å². The summed E-state index contributed by atoms with van der Waals surface area (Å²) < 4.78 is 17.2. The number of piperidine rings is 1. The minimum Gasteiger partial charge on any atom is -0.468 e. The number of aliphatic hydroxyl groups is 1. The van der Waals surface area contributed by atoms with E-state index in [-0.39, 0.29) is 18.0 Å². The second-order valence-electron chi connectivity index (χ2n) is 13.7. The average molecular weight is 676 g/mol. The Bertz CT molecular complexity index is 1610. The summed E-state index contributed by atoms with van der Waals surface area (Å²) in [7, 11) is 1.57. The van der Waals surface area contributed by atoms with E-state index in [1.807, 2.05) is 52.0 Å². The van der Waals surface area contributed by atoms with Crippen molar-refractivity contribution in [3.8, 4) is 6.01 Å². The number of nitrogens with zero attached hydrogens (tertiary/aromatic N) is 5. The number of likely N-dealkylation sites (tertiary alicyclic amines) is 1. The average Bonchev–Trinajstić information content (AvgIpc) is 3.48. The molecule has 0 bridgehead atoms. The number of benzene rings is 2. The van der Waals surface area contributed by atoms with Crippen LogP contribution in [0.2, 0.25) is 0 Å². The summed E-state index contributed by atoms with van der Waals surface area (Å²) in [5, 5.41) is 14.5. The molecule has 13 nitrogen and oxygen atoms in total. The molecule has 49 heavy (non-hydrogen) atoms. The van der Waals surface area contributed by atoms with Crippen LogP contribution in [0.3, 0.4) is 0 Å². The topological polar surface area (TPSA) is 136 Å². The highest BCUT2D eigenvalue weighted by Gasteiger charge is 2.36. The van der Waals surface area contributed by atoms with Crippen molar-refractivity contribution in [3.63, 3.8) is 0 Å². The molecule has 3 fully saturated rings. The number of carbonyl (C=O) groups excluding carboxylic acids is 2. The molecular weight excluding hydrogens is 626 g/mol. The van der Waals surface area contributed by atoms with Gasteiger partial charge >= 0.3 is 6.03 Å². The maximum atomic E-state index is 14.2. The number of ether oxygens (including phenoxy) is 3. The first kappa shape index (κ1) is 33.7. The third-order valence-electron chi connectivity index (χ3n) is 10.7. The van der Waals surface area contributed by atoms with Crippen molar-refractivity contribution in [2.75, 3.05) is 71.5 Å². The monoisotopic (exact) mass is 675 g/mol. The van der Waals surface area contributed by atoms with Gasteiger partial charge in [0.15, 0.2) is 0 Å². The predicted octanol–water partition coefficient (Wildman–Crippen LogP) is 2.96. The van der Waals surface area contributed by atoms with Gasteiger partial charge in [-0.1, -0.05) is 24.3 Å². The molecule has 0 spiro atoms. The van der Waals surface area contributed by atoms with Crippen LogP contribution in [0.5, 0.6) is 6.01 Å². The Balaban J connectivity index is 1.01. The standard InChI is InChI=1S/C36H49N7O6/c1-24-21-25(22-30-32(24)39-34(37-30)47-2)23-31(33(44)41-17-15-40(16-18-41)27-10-19-48-20-11-27)49-36(46)42-12-8-28(9-13-42)43-14-7-26-5-3-4-6-29(26)38-35(43)45/h3-6,21-22,27-28,31,36,46H,7-20,23H2,1-2H3,(H,37,39)(H,38,45)/t31-,36?/m1/s1. The van der Waals surface area contributed by atoms with E-state index < -0.39 is 12.5 Å². The van der Waals surface area contributed by atoms with Crippen LogP contribution in [0.25, 0.3) is 11.0 Å². The number of imidazole rings is 1. The van der Waals surface area contributed by atoms with Crippen molar-refractivity contribution in [1.82, 2.24) is 29.6 Å². The van der Waals surface area contributed by atoms with E-state index in [0.29, 0.717) is 64.0 Å². The van der Waals surface area contributed by atoms with E-state index in [4.69, 9.17) is 14.2 Å². The minimum atomic E-state index is -1.25. The maximum Gasteiger partial charge on any atom is 0.322 e. The first-order valence-electron chi connectivity index (χ1n) is 17.7. The van der Waals surface area contributed by atoms with Gasteiger partial charge in [0, 0.05) is 83.2 Å². The second-order valence-corrected chi connectivity index (χ2v) is 13.7. The molecule has 264 valence electrons. The van der Waals surface area contributed by atoms with Gasteiger partial charge in [-0.15, -0.1) is 0 Å². The van der Waals surface area contributed by atoms with E-state index in [2.05, 4.69) is 26.3 Å². The van der Waals surface area contributed by atoms with Crippen LogP contribution >= 0.6 is 0 Å². The fourth-order valence-electron chi connectivity index (χ4n) is 7.92. The number of anilines is 1. The number of piperazine rings is 1. The van der Waals surface area contributed by atoms with Gasteiger partial charge in [0.1, 0.15) is 6.10 Å². The number of aliphatic hydroxyl groups excluding tert-OH is 1. The molecule has 3 amide bonds. The molecule has 0 saturated carbocycles. The number of H-pyrrole nitrogens is 1. The van der Waals surface area contributed by atoms with Crippen molar-refractivity contribution < 1.29 is 28.9 Å². The summed E-state index contributed by atoms with van der Waals surface area (Å²) in [6, 6.07) is 12.9. The maximum absolute atomic E-state index is 14.2. The first-order valence-corrected chi connectivity index (χ1v) is 17.7. The summed E-state index contributed by atoms with van der Waals surface area (Å²) >= 11 is 0. The van der Waals surface area contributed by atoms with Gasteiger partial charge < -0.3 is 39.4 Å². The lowest BCUT2D eigenvalue weighted by Gasteiger charge is -2.42. The van der Waals surface area contributed by atoms with Crippen molar-refractivity contribution >= 4 is 28.7 Å². The molecule has 3 saturated heterocycles. The second kappa shape index (κ2) is 15.0. The number of aryl methyl sites for hydroxylation is 1. The summed E-state index contributed by atoms with van der Waals surface area (Å²) in [4.78, 5) is 43.2. The zero-order chi connectivity index (χ0) is 33.9. The van der Waals surface area contributed by atoms with Crippen LogP contribution in [0, 0.1) is 6.92 Å². The van der Waals surface area contributed by atoms with E-state index >= 15 is 0 Å². The molecule has 2 aromatic carbocycles. The lowest BCUT2D eigenvalue weighted by atomic mass is 10.0. The van der Waals surface area contributed by atoms with Crippen molar-refractivity contribution in [1.29, 1.82) is 0 Å². The smallest absolute Gasteiger partial charge is 0.322 e. The number of para-hydroxylation sites is 1. The zero-order valence-corrected chi connectivity index (χ0v) is 28.6. The number of aromatic amines is 1. The van der Waals surface area contributed by atoms with Crippen molar-refractivity contribution in [2.45, 2.75) is 70.1 Å². The molecule has 4 aliphatic rings. The molecule has 0 aliphatic carbocycles. The van der Waals surface area contributed by atoms with E-state index in [1.54, 1.807) is 7.11 Å². The normalized spacial score (nSPS) is 21.7. The van der Waals surface area contributed by atoms with Crippen molar-refractivity contribution in [2.24, 2.45) is 0 Å². The van der Waals surface area contributed by atoms with E-state index in [1.165, 1.54) is 0 Å². The summed E-state index contributed by atoms with van der Waals surface area (Å²) in [6.45, 7) is 8.18. The van der Waals surface area contributed by atoms with Gasteiger partial charge in [-0.25, -0.2) is 4.79 Å². The van der Waals surface area contributed by atoms with Gasteiger partial charge in [-0.3, -0.25) is 14.6 Å². The third kappa shape index (κ3) is 7.56. The number of methoxy groups -OCH3 is 1. The van der Waals surface area contributed by atoms with E-state index in [9.17, 15) is 14.7 Å². The van der Waals surface area contributed by atoms with Crippen LogP contribution in [0.4, 0.5) is 10.5 Å². The van der Waals surface area contributed by atoms with Gasteiger partial charge in [0.05, 0.1) is 18.1 Å². The number of fused-ring (bicyclic) bond motifs is 2. The van der Waals surface area contributed by atoms with Crippen LogP contribution in [0.15, 0.2) is 36.4 Å². The highest BCUT2D eigenvalue weighted by atomic mass is 16.6. The van der Waals surface area contributed by atoms with Crippen molar-refractivity contribution in [3.05, 3.63) is 53.1 Å². The third-order valence-corrected chi connectivity index (χ3v) is 10.7. The molecule has 7 rings (SSSR count). The Morgan fingerprint density at radius 2 is 1.78 bits per heavy atom. The first-order chi connectivity index (χ1) is 23.9. The molecule has 1 aromatic heterocycles. The highest BCUT2D eigenvalue weighted by molar-refractivity contribution is 5.91. The molecule has 1 unspecified atom stereocenters. The number of carbonyl (C=O) groups is 2. The van der Waals surface area contributed by atoms with Gasteiger partial charge in [0.2, 0.25) is 6.41 Å². The number of urea groups is 1. The fourth-order valence-corrected chi connectivity index (χ4v) is 7.92. The van der Waals surface area contributed by atoms with Gasteiger partial charge in [0.25, 0.3) is 11.9 Å². The molecule has 0 radical (unpaired) electrons. The molecule has 2 atom stereocenters. The Morgan fingerprint density at radius 1 is 1.02 bits per heavy atom. The minimum absolute atomic E-state index is 0.0586. The number of nitrogens with one attached hydrogen (secondary N) is 2. The fraction of sp³-hybridized carbons (Fsp3) is 0.583. The van der Waals surface area contributed by atoms with Gasteiger partial charge in [-0.2, -0.15) is 4.98 Å². The highest BCUT2D eigenvalue weighted by Crippen LogP contribution is 2.27. The Hall–Kier alpha value is -3.75. The zero-order valence-electron chi connectivity index (χ0n) is 28.6. The number of amides is 3. The Morgan fingerprint density at radius 3 is 2.53 bits per heavy atom. The van der Waals surface area contributed by atoms with Gasteiger partial charge in [-0.05, 0) is 67.9 Å². The lowest BCUT2D eigenvalue weighted by Crippen LogP contribution is -2.56. The lowest BCUT2D eigenvalue weighted by molar-refractivity contribution is -0.225. The molecular formula is C36H49N7O6. The number of hydrogen-bond donors (Lipinski definition) is 3. The summed E-state index contributed by atoms with van der Waals surface area (Å²) in [6.07, 6.45) is 2.43. The van der Waals surface area contributed by atoms with E-state index in [0.717, 1.165) is 79.0 Å². The number of rotatable bonds is 9. The molecule has 3 aromatic rings. The molecule has 4 aliphatic heterocycles. The van der Waals surface area contributed by atoms with Crippen LogP contribution in [-0.4, -0.2) is 137 Å². The Labute approximate surface area is 287 Å². The largest absolute Gasteiger partial charge is 0.468 e. The summed E-state index contributed by atoms with van der Waals surface area (Å²) in [5.41, 5.74) is 5.53. The quantitative estimate of drug-likeness (QED) is 0.293. The number of aromatic nitrogens is 2. The van der Waals surface area contributed by atoms with Crippen LogP contribution in [-0.2, 0) is 27.1 Å². The Kier molecular flexibility index (Phi) is 10.3. The summed E-state index contributed by atoms with van der Waals surface area (Å²) in [5.74, 6) is -0.110. The molecule has 13 heteroatoms.